The van der Waals surface area contributed by atoms with Crippen molar-refractivity contribution in [2.45, 2.75) is 29.9 Å². The number of hydrogen-bond donors (Lipinski definition) is 2. The number of fused-ring (bicyclic) bond motifs is 1. The number of halogens is 1. The molecule has 9 heteroatoms. The van der Waals surface area contributed by atoms with E-state index in [0.717, 1.165) is 42.2 Å². The third-order valence-electron chi connectivity index (χ3n) is 5.00. The minimum Gasteiger partial charge on any atom is -0.355 e. The molecule has 140 valence electrons. The van der Waals surface area contributed by atoms with Crippen molar-refractivity contribution in [1.29, 1.82) is 0 Å². The van der Waals surface area contributed by atoms with Gasteiger partial charge in [0.05, 0.1) is 4.34 Å². The summed E-state index contributed by atoms with van der Waals surface area (Å²) in [5.41, 5.74) is 0. The Kier molecular flexibility index (Phi) is 6.25. The van der Waals surface area contributed by atoms with Gasteiger partial charge in [0.1, 0.15) is 4.21 Å². The number of thiophene rings is 1. The van der Waals surface area contributed by atoms with E-state index in [0.29, 0.717) is 17.4 Å². The van der Waals surface area contributed by atoms with Gasteiger partial charge in [-0.15, -0.1) is 11.3 Å². The van der Waals surface area contributed by atoms with Gasteiger partial charge in [0.2, 0.25) is 10.0 Å². The number of aliphatic imine (C=N–C) groups is 1. The first kappa shape index (κ1) is 18.9. The van der Waals surface area contributed by atoms with Crippen molar-refractivity contribution < 1.29 is 8.42 Å². The van der Waals surface area contributed by atoms with Gasteiger partial charge in [-0.3, -0.25) is 4.99 Å². The number of hydrogen-bond acceptors (Lipinski definition) is 4. The van der Waals surface area contributed by atoms with Crippen molar-refractivity contribution in [2.75, 3.05) is 33.2 Å². The van der Waals surface area contributed by atoms with Gasteiger partial charge in [-0.05, 0) is 36.8 Å². The molecule has 2 atom stereocenters. The number of rotatable bonds is 5. The zero-order chi connectivity index (χ0) is 17.9. The number of guanidine groups is 1. The molecule has 2 aliphatic rings. The summed E-state index contributed by atoms with van der Waals surface area (Å²) >= 11 is 6.86. The van der Waals surface area contributed by atoms with E-state index in [-0.39, 0.29) is 4.21 Å². The minimum absolute atomic E-state index is 0.241. The first-order valence-electron chi connectivity index (χ1n) is 8.70. The number of likely N-dealkylation sites (tertiary alicyclic amines) is 1. The molecule has 1 saturated carbocycles. The Hall–Kier alpha value is -0.830. The smallest absolute Gasteiger partial charge is 0.250 e. The Bertz CT molecular complexity index is 705. The second-order valence-corrected chi connectivity index (χ2v) is 10.3. The van der Waals surface area contributed by atoms with Gasteiger partial charge in [-0.2, -0.15) is 0 Å². The molecule has 0 aromatic carbocycles. The highest BCUT2D eigenvalue weighted by Crippen LogP contribution is 2.35. The van der Waals surface area contributed by atoms with E-state index >= 15 is 0 Å². The van der Waals surface area contributed by atoms with Crippen LogP contribution in [-0.4, -0.2) is 52.5 Å². The highest BCUT2D eigenvalue weighted by atomic mass is 35.5. The van der Waals surface area contributed by atoms with Gasteiger partial charge in [-0.25, -0.2) is 13.1 Å². The summed E-state index contributed by atoms with van der Waals surface area (Å²) in [5.74, 6) is 2.44. The lowest BCUT2D eigenvalue weighted by molar-refractivity contribution is 0.299. The summed E-state index contributed by atoms with van der Waals surface area (Å²) in [6.45, 7) is 2.92. The van der Waals surface area contributed by atoms with Gasteiger partial charge in [0.15, 0.2) is 5.96 Å². The summed E-state index contributed by atoms with van der Waals surface area (Å²) in [7, 11) is -1.71. The van der Waals surface area contributed by atoms with E-state index in [9.17, 15) is 8.42 Å². The van der Waals surface area contributed by atoms with E-state index in [4.69, 9.17) is 11.6 Å². The molecular formula is C16H25ClN4O2S2. The molecule has 0 bridgehead atoms. The van der Waals surface area contributed by atoms with Crippen molar-refractivity contribution in [1.82, 2.24) is 14.9 Å². The highest BCUT2D eigenvalue weighted by Gasteiger charge is 2.35. The fourth-order valence-electron chi connectivity index (χ4n) is 3.78. The van der Waals surface area contributed by atoms with Crippen LogP contribution in [0.3, 0.4) is 0 Å². The van der Waals surface area contributed by atoms with Crippen molar-refractivity contribution in [3.63, 3.8) is 0 Å². The summed E-state index contributed by atoms with van der Waals surface area (Å²) in [6, 6.07) is 3.11. The molecule has 2 fully saturated rings. The maximum absolute atomic E-state index is 12.2. The molecular weight excluding hydrogens is 380 g/mol. The molecule has 1 aliphatic carbocycles. The lowest BCUT2D eigenvalue weighted by Gasteiger charge is -2.22. The van der Waals surface area contributed by atoms with Gasteiger partial charge in [0, 0.05) is 33.2 Å². The van der Waals surface area contributed by atoms with Crippen LogP contribution in [0.4, 0.5) is 0 Å². The van der Waals surface area contributed by atoms with Crippen molar-refractivity contribution >= 4 is 38.9 Å². The molecule has 2 unspecified atom stereocenters. The molecule has 1 aromatic heterocycles. The Balaban J connectivity index is 1.46. The van der Waals surface area contributed by atoms with Gasteiger partial charge < -0.3 is 10.2 Å². The second-order valence-electron chi connectivity index (χ2n) is 6.64. The lowest BCUT2D eigenvalue weighted by Crippen LogP contribution is -2.43. The number of nitrogens with one attached hydrogen (secondary N) is 2. The predicted octanol–water partition coefficient (Wildman–Crippen LogP) is 2.38. The molecule has 3 rings (SSSR count). The van der Waals surface area contributed by atoms with Crippen LogP contribution in [0.15, 0.2) is 21.3 Å². The number of nitrogens with zero attached hydrogens (tertiary/aromatic N) is 2. The van der Waals surface area contributed by atoms with Crippen molar-refractivity contribution in [2.24, 2.45) is 16.8 Å². The second kappa shape index (κ2) is 8.24. The zero-order valence-corrected chi connectivity index (χ0v) is 16.8. The fourth-order valence-corrected chi connectivity index (χ4v) is 6.34. The van der Waals surface area contributed by atoms with Crippen LogP contribution in [-0.2, 0) is 10.0 Å². The van der Waals surface area contributed by atoms with Gasteiger partial charge in [0.25, 0.3) is 0 Å². The Morgan fingerprint density at radius 2 is 1.96 bits per heavy atom. The van der Waals surface area contributed by atoms with Crippen molar-refractivity contribution in [3.05, 3.63) is 16.5 Å². The summed E-state index contributed by atoms with van der Waals surface area (Å²) in [6.07, 6.45) is 5.33. The molecule has 0 spiro atoms. The first-order valence-corrected chi connectivity index (χ1v) is 11.4. The highest BCUT2D eigenvalue weighted by molar-refractivity contribution is 7.91. The Morgan fingerprint density at radius 1 is 1.28 bits per heavy atom. The molecule has 6 nitrogen and oxygen atoms in total. The Labute approximate surface area is 158 Å². The van der Waals surface area contributed by atoms with Crippen LogP contribution in [0.25, 0.3) is 0 Å². The predicted molar refractivity (Wildman–Crippen MR) is 103 cm³/mol. The van der Waals surface area contributed by atoms with Crippen molar-refractivity contribution in [3.8, 4) is 0 Å². The van der Waals surface area contributed by atoms with Crippen LogP contribution in [0.5, 0.6) is 0 Å². The lowest BCUT2D eigenvalue weighted by atomic mass is 9.82. The summed E-state index contributed by atoms with van der Waals surface area (Å²) in [5, 5.41) is 3.28. The Morgan fingerprint density at radius 3 is 2.52 bits per heavy atom. The quantitative estimate of drug-likeness (QED) is 0.449. The van der Waals surface area contributed by atoms with E-state index in [1.807, 2.05) is 0 Å². The normalized spacial score (nSPS) is 24.4. The average Bonchev–Trinajstić information content (AvgIpc) is 3.21. The maximum Gasteiger partial charge on any atom is 0.250 e. The molecule has 1 saturated heterocycles. The topological polar surface area (TPSA) is 73.8 Å². The van der Waals surface area contributed by atoms with Crippen LogP contribution in [0.1, 0.15) is 25.7 Å². The van der Waals surface area contributed by atoms with Gasteiger partial charge >= 0.3 is 0 Å². The van der Waals surface area contributed by atoms with Crippen LogP contribution >= 0.6 is 22.9 Å². The summed E-state index contributed by atoms with van der Waals surface area (Å²) in [4.78, 5) is 6.68. The van der Waals surface area contributed by atoms with E-state index in [1.54, 1.807) is 13.1 Å². The molecule has 0 radical (unpaired) electrons. The summed E-state index contributed by atoms with van der Waals surface area (Å²) < 4.78 is 27.6. The monoisotopic (exact) mass is 404 g/mol. The standard InChI is InChI=1S/C16H25ClN4O2S2/c1-18-16(21-10-12-4-2-3-5-13(12)11-21)19-8-9-20-25(22,23)15-7-6-14(17)24-15/h6-7,12-13,20H,2-5,8-11H2,1H3,(H,18,19). The molecule has 2 heterocycles. The third kappa shape index (κ3) is 4.67. The number of sulfonamides is 1. The molecule has 1 aromatic rings. The molecule has 25 heavy (non-hydrogen) atoms. The van der Waals surface area contributed by atoms with E-state index in [1.165, 1.54) is 31.7 Å². The molecule has 0 amide bonds. The van der Waals surface area contributed by atoms with E-state index < -0.39 is 10.0 Å². The maximum atomic E-state index is 12.2. The SMILES string of the molecule is CN=C(NCCNS(=O)(=O)c1ccc(Cl)s1)N1CC2CCCCC2C1. The average molecular weight is 405 g/mol. The molecule has 2 N–H and O–H groups in total. The van der Waals surface area contributed by atoms with Crippen LogP contribution in [0.2, 0.25) is 4.34 Å². The first-order chi connectivity index (χ1) is 12.0. The minimum atomic E-state index is -3.49. The molecule has 1 aliphatic heterocycles. The van der Waals surface area contributed by atoms with E-state index in [2.05, 4.69) is 19.9 Å². The largest absolute Gasteiger partial charge is 0.355 e. The van der Waals surface area contributed by atoms with Crippen LogP contribution in [0, 0.1) is 11.8 Å². The van der Waals surface area contributed by atoms with Crippen LogP contribution < -0.4 is 10.0 Å². The third-order valence-corrected chi connectivity index (χ3v) is 8.19. The fraction of sp³-hybridized carbons (Fsp3) is 0.688. The van der Waals surface area contributed by atoms with Gasteiger partial charge in [-0.1, -0.05) is 24.4 Å². The zero-order valence-electron chi connectivity index (χ0n) is 14.4.